The number of ketones is 1. The first-order valence-electron chi connectivity index (χ1n) is 6.60. The molecule has 0 aromatic heterocycles. The van der Waals surface area contributed by atoms with Gasteiger partial charge in [0, 0.05) is 23.3 Å². The Labute approximate surface area is 118 Å². The van der Waals surface area contributed by atoms with E-state index in [0.29, 0.717) is 29.1 Å². The Kier molecular flexibility index (Phi) is 3.69. The highest BCUT2D eigenvalue weighted by atomic mass is 32.2. The molecule has 2 aromatic carbocycles. The van der Waals surface area contributed by atoms with Crippen molar-refractivity contribution in [2.75, 3.05) is 0 Å². The summed E-state index contributed by atoms with van der Waals surface area (Å²) in [5, 5.41) is 0.598. The van der Waals surface area contributed by atoms with Crippen LogP contribution < -0.4 is 0 Å². The zero-order valence-corrected chi connectivity index (χ0v) is 11.5. The van der Waals surface area contributed by atoms with Crippen LogP contribution in [0.4, 0.5) is 0 Å². The Bertz CT molecular complexity index is 500. The van der Waals surface area contributed by atoms with Crippen LogP contribution in [0.2, 0.25) is 0 Å². The van der Waals surface area contributed by atoms with Gasteiger partial charge in [-0.25, -0.2) is 0 Å². The van der Waals surface area contributed by atoms with E-state index in [1.807, 2.05) is 48.2 Å². The van der Waals surface area contributed by atoms with E-state index in [1.54, 1.807) is 0 Å². The van der Waals surface area contributed by atoms with Crippen LogP contribution in [0.3, 0.4) is 0 Å². The Morgan fingerprint density at radius 3 is 1.58 bits per heavy atom. The quantitative estimate of drug-likeness (QED) is 0.794. The van der Waals surface area contributed by atoms with Crippen LogP contribution in [-0.2, 0) is 4.79 Å². The predicted molar refractivity (Wildman–Crippen MR) is 80.2 cm³/mol. The van der Waals surface area contributed by atoms with Crippen LogP contribution in [-0.4, -0.2) is 5.78 Å². The lowest BCUT2D eigenvalue weighted by molar-refractivity contribution is -0.119. The minimum atomic E-state index is 0.299. The van der Waals surface area contributed by atoms with Crippen LogP contribution in [0.15, 0.2) is 60.7 Å². The molecule has 1 nitrogen and oxygen atoms in total. The van der Waals surface area contributed by atoms with Gasteiger partial charge in [0.2, 0.25) is 0 Å². The predicted octanol–water partition coefficient (Wildman–Crippen LogP) is 4.57. The monoisotopic (exact) mass is 268 g/mol. The Morgan fingerprint density at radius 2 is 1.16 bits per heavy atom. The molecule has 0 saturated carbocycles. The van der Waals surface area contributed by atoms with Gasteiger partial charge in [-0.2, -0.15) is 0 Å². The molecule has 1 fully saturated rings. The lowest BCUT2D eigenvalue weighted by Gasteiger charge is -2.28. The fraction of sp³-hybridized carbons (Fsp3) is 0.235. The summed E-state index contributed by atoms with van der Waals surface area (Å²) in [6.07, 6.45) is 1.33. The number of thioether (sulfide) groups is 1. The molecular weight excluding hydrogens is 252 g/mol. The van der Waals surface area contributed by atoms with E-state index in [2.05, 4.69) is 24.3 Å². The van der Waals surface area contributed by atoms with Gasteiger partial charge in [-0.1, -0.05) is 60.7 Å². The third-order valence-electron chi connectivity index (χ3n) is 3.50. The van der Waals surface area contributed by atoms with Gasteiger partial charge in [-0.3, -0.25) is 4.79 Å². The maximum Gasteiger partial charge on any atom is 0.135 e. The SMILES string of the molecule is O=C1C[C@@H](c2ccccc2)S[C@H](c2ccccc2)C1. The fourth-order valence-electron chi connectivity index (χ4n) is 2.52. The van der Waals surface area contributed by atoms with Crippen LogP contribution >= 0.6 is 11.8 Å². The van der Waals surface area contributed by atoms with Crippen molar-refractivity contribution in [2.24, 2.45) is 0 Å². The molecule has 2 aromatic rings. The summed E-state index contributed by atoms with van der Waals surface area (Å²) < 4.78 is 0. The van der Waals surface area contributed by atoms with Crippen molar-refractivity contribution in [1.29, 1.82) is 0 Å². The number of carbonyl (C=O) groups is 1. The third-order valence-corrected chi connectivity index (χ3v) is 5.03. The summed E-state index contributed by atoms with van der Waals surface area (Å²) in [4.78, 5) is 12.0. The molecule has 1 aliphatic rings. The second kappa shape index (κ2) is 5.62. The average Bonchev–Trinajstić information content (AvgIpc) is 2.48. The van der Waals surface area contributed by atoms with Crippen LogP contribution in [0.5, 0.6) is 0 Å². The standard InChI is InChI=1S/C17H16OS/c18-15-11-16(13-7-3-1-4-8-13)19-17(12-15)14-9-5-2-6-10-14/h1-10,16-17H,11-12H2/t16-,17-/m0/s1. The van der Waals surface area contributed by atoms with Gasteiger partial charge in [0.1, 0.15) is 5.78 Å². The molecule has 19 heavy (non-hydrogen) atoms. The molecular formula is C17H16OS. The van der Waals surface area contributed by atoms with E-state index >= 15 is 0 Å². The molecule has 1 aliphatic heterocycles. The molecule has 0 bridgehead atoms. The topological polar surface area (TPSA) is 17.1 Å². The van der Waals surface area contributed by atoms with E-state index in [1.165, 1.54) is 11.1 Å². The molecule has 0 spiro atoms. The van der Waals surface area contributed by atoms with Gasteiger partial charge < -0.3 is 0 Å². The number of hydrogen-bond acceptors (Lipinski definition) is 2. The van der Waals surface area contributed by atoms with Crippen molar-refractivity contribution in [2.45, 2.75) is 23.3 Å². The molecule has 0 aliphatic carbocycles. The van der Waals surface area contributed by atoms with Crippen molar-refractivity contribution in [3.8, 4) is 0 Å². The molecule has 0 radical (unpaired) electrons. The molecule has 2 heteroatoms. The molecule has 1 heterocycles. The van der Waals surface area contributed by atoms with Crippen LogP contribution in [0.1, 0.15) is 34.5 Å². The zero-order chi connectivity index (χ0) is 13.1. The maximum atomic E-state index is 12.0. The highest BCUT2D eigenvalue weighted by Crippen LogP contribution is 2.48. The lowest BCUT2D eigenvalue weighted by Crippen LogP contribution is -2.15. The summed E-state index contributed by atoms with van der Waals surface area (Å²) in [7, 11) is 0. The summed E-state index contributed by atoms with van der Waals surface area (Å²) >= 11 is 1.92. The maximum absolute atomic E-state index is 12.0. The van der Waals surface area contributed by atoms with Gasteiger partial charge >= 0.3 is 0 Å². The number of Topliss-reactive ketones (excluding diaryl/α,β-unsaturated/α-hetero) is 1. The molecule has 2 atom stereocenters. The van der Waals surface area contributed by atoms with Crippen molar-refractivity contribution >= 4 is 17.5 Å². The van der Waals surface area contributed by atoms with Gasteiger partial charge in [0.15, 0.2) is 0 Å². The Morgan fingerprint density at radius 1 is 0.737 bits per heavy atom. The fourth-order valence-corrected chi connectivity index (χ4v) is 4.11. The molecule has 1 saturated heterocycles. The largest absolute Gasteiger partial charge is 0.300 e. The molecule has 0 unspecified atom stereocenters. The highest BCUT2D eigenvalue weighted by Gasteiger charge is 2.29. The summed E-state index contributed by atoms with van der Waals surface area (Å²) in [6, 6.07) is 20.7. The Hall–Kier alpha value is -1.54. The zero-order valence-electron chi connectivity index (χ0n) is 10.7. The minimum absolute atomic E-state index is 0.299. The number of rotatable bonds is 2. The van der Waals surface area contributed by atoms with E-state index in [4.69, 9.17) is 0 Å². The third kappa shape index (κ3) is 2.90. The van der Waals surface area contributed by atoms with Crippen molar-refractivity contribution in [3.63, 3.8) is 0 Å². The van der Waals surface area contributed by atoms with Crippen LogP contribution in [0, 0.1) is 0 Å². The van der Waals surface area contributed by atoms with E-state index in [-0.39, 0.29) is 0 Å². The molecule has 0 N–H and O–H groups in total. The smallest absolute Gasteiger partial charge is 0.135 e. The number of carbonyl (C=O) groups excluding carboxylic acids is 1. The summed E-state index contributed by atoms with van der Waals surface area (Å²) in [5.74, 6) is 0.376. The van der Waals surface area contributed by atoms with Crippen molar-refractivity contribution < 1.29 is 4.79 Å². The van der Waals surface area contributed by atoms with Crippen LogP contribution in [0.25, 0.3) is 0 Å². The van der Waals surface area contributed by atoms with Crippen molar-refractivity contribution in [3.05, 3.63) is 71.8 Å². The number of hydrogen-bond donors (Lipinski definition) is 0. The first kappa shape index (κ1) is 12.5. The summed E-state index contributed by atoms with van der Waals surface area (Å²) in [5.41, 5.74) is 2.53. The molecule has 96 valence electrons. The van der Waals surface area contributed by atoms with E-state index in [9.17, 15) is 4.79 Å². The van der Waals surface area contributed by atoms with Gasteiger partial charge in [-0.05, 0) is 11.1 Å². The minimum Gasteiger partial charge on any atom is -0.300 e. The molecule has 0 amide bonds. The van der Waals surface area contributed by atoms with Gasteiger partial charge in [0.25, 0.3) is 0 Å². The van der Waals surface area contributed by atoms with Gasteiger partial charge in [0.05, 0.1) is 0 Å². The molecule has 3 rings (SSSR count). The Balaban J connectivity index is 1.84. The first-order valence-corrected chi connectivity index (χ1v) is 7.54. The first-order chi connectivity index (χ1) is 9.33. The second-order valence-corrected chi connectivity index (χ2v) is 6.29. The van der Waals surface area contributed by atoms with Gasteiger partial charge in [-0.15, -0.1) is 11.8 Å². The van der Waals surface area contributed by atoms with Crippen molar-refractivity contribution in [1.82, 2.24) is 0 Å². The van der Waals surface area contributed by atoms with E-state index in [0.717, 1.165) is 0 Å². The lowest BCUT2D eigenvalue weighted by atomic mass is 10.0. The second-order valence-electron chi connectivity index (χ2n) is 4.88. The highest BCUT2D eigenvalue weighted by molar-refractivity contribution is 7.99. The number of benzene rings is 2. The average molecular weight is 268 g/mol. The normalized spacial score (nSPS) is 23.3. The summed E-state index contributed by atoms with van der Waals surface area (Å²) in [6.45, 7) is 0. The van der Waals surface area contributed by atoms with E-state index < -0.39 is 0 Å².